The highest BCUT2D eigenvalue weighted by Gasteiger charge is 2.20. The molecule has 0 aromatic heterocycles. The number of hydrogen-bond acceptors (Lipinski definition) is 5. The van der Waals surface area contributed by atoms with E-state index >= 15 is 0 Å². The summed E-state index contributed by atoms with van der Waals surface area (Å²) in [5.41, 5.74) is 0.269. The maximum atomic E-state index is 12.5. The maximum absolute atomic E-state index is 12.5. The highest BCUT2D eigenvalue weighted by atomic mass is 35.5. The lowest BCUT2D eigenvalue weighted by molar-refractivity contribution is -0.132. The Morgan fingerprint density at radius 2 is 1.77 bits per heavy atom. The van der Waals surface area contributed by atoms with Gasteiger partial charge in [-0.3, -0.25) is 14.3 Å². The molecule has 0 aliphatic heterocycles. The van der Waals surface area contributed by atoms with Gasteiger partial charge in [0.05, 0.1) is 10.0 Å². The first-order chi connectivity index (χ1) is 12.1. The van der Waals surface area contributed by atoms with Crippen molar-refractivity contribution in [3.05, 3.63) is 64.1 Å². The van der Waals surface area contributed by atoms with E-state index in [1.807, 2.05) is 0 Å². The smallest absolute Gasteiger partial charge is 0.263 e. The molecule has 0 aliphatic rings. The van der Waals surface area contributed by atoms with Gasteiger partial charge in [-0.15, -0.1) is 0 Å². The summed E-state index contributed by atoms with van der Waals surface area (Å²) >= 11 is 11.8. The van der Waals surface area contributed by atoms with Crippen molar-refractivity contribution < 1.29 is 23.1 Å². The number of aliphatic hydroxyl groups excluding tert-OH is 1. The van der Waals surface area contributed by atoms with Crippen LogP contribution in [0.5, 0.6) is 0 Å². The molecular formula is C17H13Cl2NO5S. The fourth-order valence-corrected chi connectivity index (χ4v) is 3.76. The van der Waals surface area contributed by atoms with Crippen molar-refractivity contribution in [1.29, 1.82) is 0 Å². The van der Waals surface area contributed by atoms with Gasteiger partial charge < -0.3 is 5.11 Å². The van der Waals surface area contributed by atoms with Crippen LogP contribution in [0.15, 0.2) is 53.4 Å². The molecule has 2 aromatic carbocycles. The molecule has 0 radical (unpaired) electrons. The first kappa shape index (κ1) is 20.0. The van der Waals surface area contributed by atoms with Crippen LogP contribution in [0.4, 0.5) is 5.69 Å². The Balaban J connectivity index is 2.35. The number of nitrogens with one attached hydrogen (secondary N) is 1. The van der Waals surface area contributed by atoms with Crippen molar-refractivity contribution in [3.8, 4) is 0 Å². The fraction of sp³-hybridized carbons (Fsp3) is 0.0588. The average molecular weight is 414 g/mol. The lowest BCUT2D eigenvalue weighted by Crippen LogP contribution is -2.13. The zero-order valence-electron chi connectivity index (χ0n) is 13.4. The molecule has 2 N–H and O–H groups in total. The molecule has 2 aromatic rings. The number of aliphatic hydroxyl groups is 1. The summed E-state index contributed by atoms with van der Waals surface area (Å²) < 4.78 is 27.3. The van der Waals surface area contributed by atoms with Crippen LogP contribution in [-0.4, -0.2) is 25.1 Å². The van der Waals surface area contributed by atoms with Crippen molar-refractivity contribution in [2.45, 2.75) is 11.8 Å². The van der Waals surface area contributed by atoms with Crippen LogP contribution < -0.4 is 4.72 Å². The zero-order valence-corrected chi connectivity index (χ0v) is 15.7. The first-order valence-corrected chi connectivity index (χ1v) is 9.38. The Hall–Kier alpha value is -2.35. The molecule has 0 atom stereocenters. The SMILES string of the molecule is CC(=O)C(=O)/C=C(\O)c1cccc(NS(=O)(=O)c2cccc(Cl)c2Cl)c1. The normalized spacial score (nSPS) is 11.9. The van der Waals surface area contributed by atoms with Crippen LogP contribution in [0, 0.1) is 0 Å². The molecule has 9 heteroatoms. The summed E-state index contributed by atoms with van der Waals surface area (Å²) in [4.78, 5) is 22.1. The number of hydrogen-bond donors (Lipinski definition) is 2. The van der Waals surface area contributed by atoms with E-state index in [9.17, 15) is 23.1 Å². The van der Waals surface area contributed by atoms with Gasteiger partial charge in [-0.05, 0) is 24.3 Å². The largest absolute Gasteiger partial charge is 0.507 e. The molecule has 0 spiro atoms. The van der Waals surface area contributed by atoms with Gasteiger partial charge in [-0.25, -0.2) is 8.42 Å². The van der Waals surface area contributed by atoms with E-state index < -0.39 is 27.3 Å². The van der Waals surface area contributed by atoms with Crippen LogP contribution in [0.25, 0.3) is 5.76 Å². The third kappa shape index (κ3) is 4.63. The highest BCUT2D eigenvalue weighted by Crippen LogP contribution is 2.30. The van der Waals surface area contributed by atoms with Gasteiger partial charge in [0.2, 0.25) is 5.78 Å². The molecule has 0 saturated carbocycles. The van der Waals surface area contributed by atoms with Crippen LogP contribution in [0.2, 0.25) is 10.0 Å². The number of carbonyl (C=O) groups is 2. The first-order valence-electron chi connectivity index (χ1n) is 7.14. The molecule has 0 heterocycles. The lowest BCUT2D eigenvalue weighted by Gasteiger charge is -2.11. The quantitative estimate of drug-likeness (QED) is 0.425. The third-order valence-corrected chi connectivity index (χ3v) is 5.59. The standard InChI is InChI=1S/C17H13Cl2NO5S/c1-10(21)14(22)9-15(23)11-4-2-5-12(8-11)20-26(24,25)16-7-3-6-13(18)17(16)19/h2-9,20,23H,1H3/b15-9-. The van der Waals surface area contributed by atoms with Crippen molar-refractivity contribution in [1.82, 2.24) is 0 Å². The summed E-state index contributed by atoms with van der Waals surface area (Å²) in [5, 5.41) is 9.90. The fourth-order valence-electron chi connectivity index (χ4n) is 1.95. The van der Waals surface area contributed by atoms with E-state index in [1.165, 1.54) is 42.5 Å². The lowest BCUT2D eigenvalue weighted by atomic mass is 10.1. The minimum absolute atomic E-state index is 0.0895. The summed E-state index contributed by atoms with van der Waals surface area (Å²) in [5.74, 6) is -2.07. The zero-order chi connectivity index (χ0) is 19.5. The minimum Gasteiger partial charge on any atom is -0.507 e. The predicted octanol–water partition coefficient (Wildman–Crippen LogP) is 3.85. The van der Waals surface area contributed by atoms with Crippen LogP contribution in [0.3, 0.4) is 0 Å². The van der Waals surface area contributed by atoms with Crippen molar-refractivity contribution in [3.63, 3.8) is 0 Å². The van der Waals surface area contributed by atoms with Crippen molar-refractivity contribution in [2.24, 2.45) is 0 Å². The molecule has 2 rings (SSSR count). The monoisotopic (exact) mass is 413 g/mol. The van der Waals surface area contributed by atoms with Gasteiger partial charge in [-0.2, -0.15) is 0 Å². The second kappa shape index (κ2) is 7.90. The van der Waals surface area contributed by atoms with E-state index in [-0.39, 0.29) is 26.2 Å². The summed E-state index contributed by atoms with van der Waals surface area (Å²) in [6.07, 6.45) is 0.768. The second-order valence-corrected chi connectivity index (χ2v) is 7.62. The number of anilines is 1. The Morgan fingerprint density at radius 1 is 1.12 bits per heavy atom. The Labute approximate surface area is 160 Å². The van der Waals surface area contributed by atoms with Gasteiger partial charge in [0.25, 0.3) is 10.0 Å². The number of ketones is 2. The summed E-state index contributed by atoms with van der Waals surface area (Å²) in [6, 6.07) is 9.86. The molecule has 0 aliphatic carbocycles. The van der Waals surface area contributed by atoms with E-state index in [1.54, 1.807) is 0 Å². The Morgan fingerprint density at radius 3 is 2.42 bits per heavy atom. The van der Waals surface area contributed by atoms with E-state index in [4.69, 9.17) is 23.2 Å². The Bertz CT molecular complexity index is 1020. The van der Waals surface area contributed by atoms with Crippen LogP contribution >= 0.6 is 23.2 Å². The van der Waals surface area contributed by atoms with Gasteiger partial charge in [0.1, 0.15) is 10.7 Å². The number of Topliss-reactive ketones (excluding diaryl/α,β-unsaturated/α-hetero) is 1. The average Bonchev–Trinajstić information content (AvgIpc) is 2.56. The molecule has 0 saturated heterocycles. The van der Waals surface area contributed by atoms with Crippen LogP contribution in [-0.2, 0) is 19.6 Å². The number of rotatable bonds is 6. The topological polar surface area (TPSA) is 101 Å². The van der Waals surface area contributed by atoms with Gasteiger partial charge in [0.15, 0.2) is 5.78 Å². The number of carbonyl (C=O) groups excluding carboxylic acids is 2. The molecule has 26 heavy (non-hydrogen) atoms. The van der Waals surface area contributed by atoms with Gasteiger partial charge in [0, 0.05) is 24.3 Å². The molecular weight excluding hydrogens is 401 g/mol. The minimum atomic E-state index is -4.03. The van der Waals surface area contributed by atoms with Crippen LogP contribution in [0.1, 0.15) is 12.5 Å². The summed E-state index contributed by atoms with van der Waals surface area (Å²) in [7, 11) is -4.03. The maximum Gasteiger partial charge on any atom is 0.263 e. The molecule has 0 bridgehead atoms. The number of benzene rings is 2. The second-order valence-electron chi connectivity index (χ2n) is 5.19. The van der Waals surface area contributed by atoms with E-state index in [0.29, 0.717) is 0 Å². The number of halogens is 2. The Kier molecular flexibility index (Phi) is 6.07. The molecule has 136 valence electrons. The van der Waals surface area contributed by atoms with E-state index in [0.717, 1.165) is 13.0 Å². The van der Waals surface area contributed by atoms with Gasteiger partial charge in [-0.1, -0.05) is 41.4 Å². The van der Waals surface area contributed by atoms with Crippen molar-refractivity contribution in [2.75, 3.05) is 4.72 Å². The summed E-state index contributed by atoms with van der Waals surface area (Å²) in [6.45, 7) is 1.07. The van der Waals surface area contributed by atoms with Crippen molar-refractivity contribution >= 4 is 56.2 Å². The number of allylic oxidation sites excluding steroid dienone is 1. The van der Waals surface area contributed by atoms with E-state index in [2.05, 4.69) is 4.72 Å². The molecule has 0 fully saturated rings. The number of sulfonamides is 1. The highest BCUT2D eigenvalue weighted by molar-refractivity contribution is 7.92. The predicted molar refractivity (Wildman–Crippen MR) is 100 cm³/mol. The molecule has 0 unspecified atom stereocenters. The van der Waals surface area contributed by atoms with Gasteiger partial charge >= 0.3 is 0 Å². The molecule has 6 nitrogen and oxygen atoms in total. The third-order valence-electron chi connectivity index (χ3n) is 3.23. The molecule has 0 amide bonds.